The monoisotopic (exact) mass is 436 g/mol. The Labute approximate surface area is 177 Å². The van der Waals surface area contributed by atoms with Gasteiger partial charge in [-0.1, -0.05) is 12.2 Å². The van der Waals surface area contributed by atoms with Gasteiger partial charge in [0.25, 0.3) is 0 Å². The van der Waals surface area contributed by atoms with Gasteiger partial charge >= 0.3 is 0 Å². The molecule has 0 radical (unpaired) electrons. The molecule has 10 nitrogen and oxygen atoms in total. The summed E-state index contributed by atoms with van der Waals surface area (Å²) in [6, 6.07) is 6.91. The van der Waals surface area contributed by atoms with Gasteiger partial charge in [-0.05, 0) is 35.4 Å². The molecule has 2 aromatic rings. The van der Waals surface area contributed by atoms with Crippen LogP contribution in [0.3, 0.4) is 0 Å². The van der Waals surface area contributed by atoms with E-state index in [0.717, 1.165) is 0 Å². The molecule has 0 unspecified atom stereocenters. The van der Waals surface area contributed by atoms with Crippen LogP contribution in [0, 0.1) is 0 Å². The highest BCUT2D eigenvalue weighted by Crippen LogP contribution is 2.40. The first-order chi connectivity index (χ1) is 14.7. The van der Waals surface area contributed by atoms with Gasteiger partial charge in [0, 0.05) is 6.07 Å². The van der Waals surface area contributed by atoms with Gasteiger partial charge in [-0.3, -0.25) is 0 Å². The predicted molar refractivity (Wildman–Crippen MR) is 108 cm³/mol. The van der Waals surface area contributed by atoms with Crippen molar-refractivity contribution in [2.75, 3.05) is 13.7 Å². The fourth-order valence-electron chi connectivity index (χ4n) is 3.16. The Morgan fingerprint density at radius 1 is 0.871 bits per heavy atom. The fourth-order valence-corrected chi connectivity index (χ4v) is 3.16. The lowest BCUT2D eigenvalue weighted by molar-refractivity contribution is -0.277. The zero-order valence-corrected chi connectivity index (χ0v) is 16.5. The Bertz CT molecular complexity index is 922. The minimum Gasteiger partial charge on any atom is -0.508 e. The van der Waals surface area contributed by atoms with E-state index in [4.69, 9.17) is 14.2 Å². The number of rotatable bonds is 6. The number of hydrogen-bond acceptors (Lipinski definition) is 10. The average molecular weight is 436 g/mol. The van der Waals surface area contributed by atoms with Gasteiger partial charge in [0.1, 0.15) is 35.9 Å². The maximum absolute atomic E-state index is 10.4. The number of aliphatic hydroxyl groups is 4. The van der Waals surface area contributed by atoms with Gasteiger partial charge in [0.15, 0.2) is 11.5 Å². The van der Waals surface area contributed by atoms with Gasteiger partial charge in [-0.15, -0.1) is 0 Å². The predicted octanol–water partition coefficient (Wildman–Crippen LogP) is 0.161. The number of benzene rings is 2. The Hall–Kier alpha value is -3.02. The van der Waals surface area contributed by atoms with E-state index in [1.807, 2.05) is 0 Å². The van der Waals surface area contributed by atoms with Crippen LogP contribution in [0.5, 0.6) is 28.7 Å². The molecule has 10 heteroatoms. The van der Waals surface area contributed by atoms with Crippen molar-refractivity contribution >= 4 is 12.2 Å². The minimum atomic E-state index is -1.65. The van der Waals surface area contributed by atoms with E-state index in [9.17, 15) is 35.7 Å². The first-order valence-corrected chi connectivity index (χ1v) is 9.32. The van der Waals surface area contributed by atoms with Crippen molar-refractivity contribution in [1.29, 1.82) is 0 Å². The van der Waals surface area contributed by atoms with Gasteiger partial charge < -0.3 is 50.0 Å². The molecule has 168 valence electrons. The molecule has 7 N–H and O–H groups in total. The van der Waals surface area contributed by atoms with Gasteiger partial charge in [0.2, 0.25) is 12.0 Å². The normalized spacial score (nSPS) is 26.2. The zero-order chi connectivity index (χ0) is 22.7. The van der Waals surface area contributed by atoms with Gasteiger partial charge in [0.05, 0.1) is 13.7 Å². The second kappa shape index (κ2) is 9.41. The molecule has 0 bridgehead atoms. The van der Waals surface area contributed by atoms with E-state index in [1.54, 1.807) is 12.2 Å². The fraction of sp³-hybridized carbons (Fsp3) is 0.333. The lowest BCUT2D eigenvalue weighted by atomic mass is 9.99. The Morgan fingerprint density at radius 3 is 2.06 bits per heavy atom. The standard InChI is InChI=1S/C21H24O10/c1-29-15-7-11(3-2-10-4-12(23)8-13(24)5-10)6-14(25)20(15)31-21-19(28)18(27)17(26)16(9-22)30-21/h2-8,16-19,21-28H,9H2,1H3/b3-2+/t16-,17-,18+,19-,21+/m1/s1. The highest BCUT2D eigenvalue weighted by molar-refractivity contribution is 5.73. The Kier molecular flexibility index (Phi) is 6.88. The summed E-state index contributed by atoms with van der Waals surface area (Å²) in [5.41, 5.74) is 0.996. The molecule has 3 rings (SSSR count). The van der Waals surface area contributed by atoms with Crippen LogP contribution in [0.25, 0.3) is 12.2 Å². The summed E-state index contributed by atoms with van der Waals surface area (Å²) < 4.78 is 16.0. The van der Waals surface area contributed by atoms with Crippen LogP contribution < -0.4 is 9.47 Å². The largest absolute Gasteiger partial charge is 0.508 e. The van der Waals surface area contributed by atoms with Crippen molar-refractivity contribution in [3.63, 3.8) is 0 Å². The van der Waals surface area contributed by atoms with Crippen molar-refractivity contribution in [1.82, 2.24) is 0 Å². The first-order valence-electron chi connectivity index (χ1n) is 9.32. The maximum atomic E-state index is 10.4. The van der Waals surface area contributed by atoms with Crippen molar-refractivity contribution in [2.45, 2.75) is 30.7 Å². The third kappa shape index (κ3) is 5.01. The molecule has 0 spiro atoms. The van der Waals surface area contributed by atoms with E-state index in [-0.39, 0.29) is 28.7 Å². The molecular weight excluding hydrogens is 412 g/mol. The summed E-state index contributed by atoms with van der Waals surface area (Å²) >= 11 is 0. The highest BCUT2D eigenvalue weighted by Gasteiger charge is 2.45. The third-order valence-electron chi connectivity index (χ3n) is 4.75. The van der Waals surface area contributed by atoms with E-state index < -0.39 is 37.3 Å². The van der Waals surface area contributed by atoms with E-state index in [0.29, 0.717) is 11.1 Å². The van der Waals surface area contributed by atoms with E-state index in [1.165, 1.54) is 37.4 Å². The van der Waals surface area contributed by atoms with Gasteiger partial charge in [-0.2, -0.15) is 0 Å². The summed E-state index contributed by atoms with van der Waals surface area (Å²) in [6.07, 6.45) is -4.31. The SMILES string of the molecule is COc1cc(/C=C/c2cc(O)cc(O)c2)cc(O)c1O[C@@H]1O[C@H](CO)[C@@H](O)[C@H](O)[C@H]1O. The minimum absolute atomic E-state index is 0.0790. The number of phenolic OH excluding ortho intramolecular Hbond substituents is 3. The number of phenols is 3. The van der Waals surface area contributed by atoms with Crippen LogP contribution in [0.4, 0.5) is 0 Å². The first kappa shape index (κ1) is 22.7. The molecule has 0 amide bonds. The second-order valence-corrected chi connectivity index (χ2v) is 7.00. The molecule has 31 heavy (non-hydrogen) atoms. The van der Waals surface area contributed by atoms with Crippen LogP contribution in [0.1, 0.15) is 11.1 Å². The maximum Gasteiger partial charge on any atom is 0.229 e. The Morgan fingerprint density at radius 2 is 1.48 bits per heavy atom. The second-order valence-electron chi connectivity index (χ2n) is 7.00. The van der Waals surface area contributed by atoms with Crippen LogP contribution >= 0.6 is 0 Å². The molecule has 0 saturated carbocycles. The lowest BCUT2D eigenvalue weighted by Gasteiger charge is -2.39. The third-order valence-corrected chi connectivity index (χ3v) is 4.75. The zero-order valence-electron chi connectivity index (χ0n) is 16.5. The highest BCUT2D eigenvalue weighted by atomic mass is 16.7. The topological polar surface area (TPSA) is 169 Å². The smallest absolute Gasteiger partial charge is 0.229 e. The number of aromatic hydroxyl groups is 3. The molecule has 0 aromatic heterocycles. The number of hydrogen-bond donors (Lipinski definition) is 7. The van der Waals surface area contributed by atoms with Crippen LogP contribution in [-0.4, -0.2) is 80.2 Å². The van der Waals surface area contributed by atoms with Crippen molar-refractivity contribution in [2.24, 2.45) is 0 Å². The molecule has 1 aliphatic rings. The number of ether oxygens (including phenoxy) is 3. The summed E-state index contributed by atoms with van der Waals surface area (Å²) in [7, 11) is 1.33. The van der Waals surface area contributed by atoms with Crippen molar-refractivity contribution in [3.05, 3.63) is 41.5 Å². The van der Waals surface area contributed by atoms with E-state index in [2.05, 4.69) is 0 Å². The molecule has 1 heterocycles. The molecule has 1 saturated heterocycles. The number of methoxy groups -OCH3 is 1. The van der Waals surface area contributed by atoms with Crippen LogP contribution in [0.15, 0.2) is 30.3 Å². The van der Waals surface area contributed by atoms with Crippen molar-refractivity contribution in [3.8, 4) is 28.7 Å². The summed E-state index contributed by atoms with van der Waals surface area (Å²) in [5.74, 6) is -0.684. The van der Waals surface area contributed by atoms with Crippen molar-refractivity contribution < 1.29 is 50.0 Å². The summed E-state index contributed by atoms with van der Waals surface area (Å²) in [4.78, 5) is 0. The molecule has 0 aliphatic carbocycles. The lowest BCUT2D eigenvalue weighted by Crippen LogP contribution is -2.60. The molecule has 2 aromatic carbocycles. The molecular formula is C21H24O10. The Balaban J connectivity index is 1.85. The molecule has 1 fully saturated rings. The number of aliphatic hydroxyl groups excluding tert-OH is 4. The molecule has 1 aliphatic heterocycles. The van der Waals surface area contributed by atoms with Crippen LogP contribution in [0.2, 0.25) is 0 Å². The molecule has 5 atom stereocenters. The average Bonchev–Trinajstić information content (AvgIpc) is 2.73. The summed E-state index contributed by atoms with van der Waals surface area (Å²) in [5, 5.41) is 68.7. The van der Waals surface area contributed by atoms with Crippen LogP contribution in [-0.2, 0) is 4.74 Å². The quantitative estimate of drug-likeness (QED) is 0.310. The van der Waals surface area contributed by atoms with E-state index >= 15 is 0 Å². The van der Waals surface area contributed by atoms with Gasteiger partial charge in [-0.25, -0.2) is 0 Å². The summed E-state index contributed by atoms with van der Waals surface area (Å²) in [6.45, 7) is -0.623.